The van der Waals surface area contributed by atoms with Crippen molar-refractivity contribution in [2.45, 2.75) is 11.7 Å². The molecule has 10 nitrogen and oxygen atoms in total. The molecule has 1 aromatic heterocycles. The minimum atomic E-state index is -4.58. The summed E-state index contributed by atoms with van der Waals surface area (Å²) < 4.78 is 40.0. The zero-order chi connectivity index (χ0) is 21.7. The van der Waals surface area contributed by atoms with Crippen molar-refractivity contribution in [1.29, 1.82) is 0 Å². The fourth-order valence-electron chi connectivity index (χ4n) is 2.65. The van der Waals surface area contributed by atoms with Crippen molar-refractivity contribution in [2.24, 2.45) is 0 Å². The molecule has 2 heterocycles. The molecule has 3 rings (SSSR count). The van der Waals surface area contributed by atoms with E-state index < -0.39 is 15.6 Å². The number of carbonyl (C=O) groups is 2. The predicted octanol–water partition coefficient (Wildman–Crippen LogP) is 1.67. The first-order valence-corrected chi connectivity index (χ1v) is 11.0. The standard InChI is InChI=1S/C18H19N3O7S2/c1-21(16-7-6-14(11-19-16)28-30(24,25)26)8-9-27-13-4-2-12(3-5-13)10-15-17(22)20-18(23)29-15/h2-7,11,15H,8-10H2,1H3,(H,20,22,23)(H,24,25,26)/t15-/m1/s1. The number of aromatic nitrogens is 1. The Kier molecular flexibility index (Phi) is 6.80. The van der Waals surface area contributed by atoms with Crippen LogP contribution in [0.25, 0.3) is 0 Å². The molecule has 160 valence electrons. The van der Waals surface area contributed by atoms with Crippen LogP contribution in [0.5, 0.6) is 11.5 Å². The zero-order valence-corrected chi connectivity index (χ0v) is 17.5. The number of rotatable bonds is 9. The molecule has 0 bridgehead atoms. The number of pyridine rings is 1. The maximum atomic E-state index is 11.6. The lowest BCUT2D eigenvalue weighted by Gasteiger charge is -2.18. The number of nitrogens with zero attached hydrogens (tertiary/aromatic N) is 2. The zero-order valence-electron chi connectivity index (χ0n) is 15.8. The van der Waals surface area contributed by atoms with E-state index in [9.17, 15) is 18.0 Å². The monoisotopic (exact) mass is 453 g/mol. The van der Waals surface area contributed by atoms with Crippen molar-refractivity contribution in [3.05, 3.63) is 48.2 Å². The molecule has 1 aliphatic heterocycles. The molecule has 12 heteroatoms. The Morgan fingerprint density at radius 1 is 1.17 bits per heavy atom. The van der Waals surface area contributed by atoms with Crippen LogP contribution in [-0.2, 0) is 21.6 Å². The number of benzene rings is 1. The first kappa shape index (κ1) is 21.9. The summed E-state index contributed by atoms with van der Waals surface area (Å²) in [6.45, 7) is 0.879. The average molecular weight is 453 g/mol. The second kappa shape index (κ2) is 9.32. The molecule has 0 aliphatic carbocycles. The Labute approximate surface area is 177 Å². The summed E-state index contributed by atoms with van der Waals surface area (Å²) >= 11 is 0.999. The van der Waals surface area contributed by atoms with E-state index in [1.165, 1.54) is 12.3 Å². The minimum absolute atomic E-state index is 0.0937. The number of hydrogen-bond acceptors (Lipinski definition) is 9. The predicted molar refractivity (Wildman–Crippen MR) is 110 cm³/mol. The molecule has 2 aromatic rings. The highest BCUT2D eigenvalue weighted by Gasteiger charge is 2.31. The van der Waals surface area contributed by atoms with Crippen LogP contribution in [-0.4, -0.2) is 54.6 Å². The summed E-state index contributed by atoms with van der Waals surface area (Å²) in [5.41, 5.74) is 0.929. The fourth-order valence-corrected chi connectivity index (χ4v) is 3.85. The van der Waals surface area contributed by atoms with Gasteiger partial charge in [-0.25, -0.2) is 4.98 Å². The van der Waals surface area contributed by atoms with E-state index in [0.29, 0.717) is 31.1 Å². The second-order valence-electron chi connectivity index (χ2n) is 6.36. The molecular weight excluding hydrogens is 434 g/mol. The van der Waals surface area contributed by atoms with Gasteiger partial charge in [0.05, 0.1) is 18.0 Å². The molecule has 1 aliphatic rings. The minimum Gasteiger partial charge on any atom is -0.492 e. The molecule has 1 aromatic carbocycles. The summed E-state index contributed by atoms with van der Waals surface area (Å²) in [6.07, 6.45) is 1.66. The third kappa shape index (κ3) is 6.34. The summed E-state index contributed by atoms with van der Waals surface area (Å²) in [5.74, 6) is 0.874. The topological polar surface area (TPSA) is 135 Å². The van der Waals surface area contributed by atoms with Crippen molar-refractivity contribution in [2.75, 3.05) is 25.1 Å². The van der Waals surface area contributed by atoms with Crippen LogP contribution in [0, 0.1) is 0 Å². The molecule has 30 heavy (non-hydrogen) atoms. The van der Waals surface area contributed by atoms with Crippen LogP contribution >= 0.6 is 11.8 Å². The van der Waals surface area contributed by atoms with Crippen molar-refractivity contribution >= 4 is 39.1 Å². The van der Waals surface area contributed by atoms with Crippen molar-refractivity contribution in [3.8, 4) is 11.5 Å². The molecule has 0 spiro atoms. The summed E-state index contributed by atoms with van der Waals surface area (Å²) in [6, 6.07) is 10.2. The average Bonchev–Trinajstić information content (AvgIpc) is 2.99. The summed E-state index contributed by atoms with van der Waals surface area (Å²) in [7, 11) is -2.78. The number of anilines is 1. The molecule has 0 radical (unpaired) electrons. The van der Waals surface area contributed by atoms with Gasteiger partial charge < -0.3 is 13.8 Å². The molecular formula is C18H19N3O7S2. The Morgan fingerprint density at radius 3 is 2.43 bits per heavy atom. The van der Waals surface area contributed by atoms with Crippen LogP contribution in [0.1, 0.15) is 5.56 Å². The van der Waals surface area contributed by atoms with Gasteiger partial charge in [-0.15, -0.1) is 0 Å². The molecule has 1 saturated heterocycles. The summed E-state index contributed by atoms with van der Waals surface area (Å²) in [4.78, 5) is 28.7. The van der Waals surface area contributed by atoms with Crippen LogP contribution in [0.4, 0.5) is 10.6 Å². The van der Waals surface area contributed by atoms with Crippen LogP contribution < -0.4 is 19.1 Å². The number of likely N-dealkylation sites (N-methyl/N-ethyl adjacent to an activating group) is 1. The number of amides is 2. The lowest BCUT2D eigenvalue weighted by molar-refractivity contribution is -0.118. The molecule has 1 fully saturated rings. The van der Waals surface area contributed by atoms with Gasteiger partial charge in [0, 0.05) is 7.05 Å². The van der Waals surface area contributed by atoms with Gasteiger partial charge in [-0.3, -0.25) is 19.5 Å². The lowest BCUT2D eigenvalue weighted by Crippen LogP contribution is -2.25. The summed E-state index contributed by atoms with van der Waals surface area (Å²) in [5, 5.41) is 1.55. The molecule has 0 unspecified atom stereocenters. The van der Waals surface area contributed by atoms with Crippen LogP contribution in [0.2, 0.25) is 0 Å². The quantitative estimate of drug-likeness (QED) is 0.540. The Bertz CT molecular complexity index is 1010. The van der Waals surface area contributed by atoms with Crippen molar-refractivity contribution in [3.63, 3.8) is 0 Å². The van der Waals surface area contributed by atoms with Gasteiger partial charge in [0.25, 0.3) is 5.24 Å². The third-order valence-corrected chi connectivity index (χ3v) is 5.50. The number of hydrogen-bond donors (Lipinski definition) is 2. The van der Waals surface area contributed by atoms with Gasteiger partial charge in [-0.2, -0.15) is 8.42 Å². The molecule has 0 saturated carbocycles. The normalized spacial score (nSPS) is 16.3. The lowest BCUT2D eigenvalue weighted by atomic mass is 10.1. The van der Waals surface area contributed by atoms with Crippen LogP contribution in [0.15, 0.2) is 42.6 Å². The molecule has 2 amide bonds. The highest BCUT2D eigenvalue weighted by molar-refractivity contribution is 8.15. The van der Waals surface area contributed by atoms with E-state index in [0.717, 1.165) is 17.3 Å². The first-order valence-electron chi connectivity index (χ1n) is 8.77. The number of ether oxygens (including phenoxy) is 1. The fraction of sp³-hybridized carbons (Fsp3) is 0.278. The van der Waals surface area contributed by atoms with Crippen LogP contribution in [0.3, 0.4) is 0 Å². The van der Waals surface area contributed by atoms with E-state index in [1.54, 1.807) is 30.1 Å². The van der Waals surface area contributed by atoms with Gasteiger partial charge in [0.2, 0.25) is 5.91 Å². The van der Waals surface area contributed by atoms with E-state index >= 15 is 0 Å². The SMILES string of the molecule is CN(CCOc1ccc(C[C@H]2SC(=O)NC2=O)cc1)c1ccc(OS(=O)(=O)O)cn1. The van der Waals surface area contributed by atoms with Gasteiger partial charge in [0.15, 0.2) is 5.75 Å². The Balaban J connectivity index is 1.45. The maximum Gasteiger partial charge on any atom is 0.446 e. The second-order valence-corrected chi connectivity index (χ2v) is 8.56. The largest absolute Gasteiger partial charge is 0.492 e. The highest BCUT2D eigenvalue weighted by atomic mass is 32.3. The highest BCUT2D eigenvalue weighted by Crippen LogP contribution is 2.24. The number of carbonyl (C=O) groups excluding carboxylic acids is 2. The Morgan fingerprint density at radius 2 is 1.87 bits per heavy atom. The van der Waals surface area contributed by atoms with Gasteiger partial charge in [0.1, 0.15) is 18.2 Å². The third-order valence-electron chi connectivity index (χ3n) is 4.12. The van der Waals surface area contributed by atoms with Crippen molar-refractivity contribution < 1.29 is 31.5 Å². The van der Waals surface area contributed by atoms with Gasteiger partial charge in [-0.05, 0) is 36.2 Å². The van der Waals surface area contributed by atoms with Gasteiger partial charge >= 0.3 is 10.4 Å². The van der Waals surface area contributed by atoms with E-state index in [1.807, 2.05) is 12.1 Å². The molecule has 2 N–H and O–H groups in total. The number of thioether (sulfide) groups is 1. The Hall–Kier alpha value is -2.83. The van der Waals surface area contributed by atoms with E-state index in [4.69, 9.17) is 9.29 Å². The van der Waals surface area contributed by atoms with E-state index in [-0.39, 0.29) is 16.9 Å². The van der Waals surface area contributed by atoms with E-state index in [2.05, 4.69) is 14.5 Å². The first-order chi connectivity index (χ1) is 14.2. The number of nitrogens with one attached hydrogen (secondary N) is 1. The maximum absolute atomic E-state index is 11.6. The van der Waals surface area contributed by atoms with Gasteiger partial charge in [-0.1, -0.05) is 23.9 Å². The smallest absolute Gasteiger partial charge is 0.446 e. The molecule has 1 atom stereocenters. The number of imide groups is 1. The van der Waals surface area contributed by atoms with Crippen molar-refractivity contribution in [1.82, 2.24) is 10.3 Å².